The number of hydrogen-bond donors (Lipinski definition) is 0. The summed E-state index contributed by atoms with van der Waals surface area (Å²) in [4.78, 5) is 34.4. The van der Waals surface area contributed by atoms with Crippen LogP contribution in [0.4, 0.5) is 0 Å². The van der Waals surface area contributed by atoms with Crippen molar-refractivity contribution in [2.24, 2.45) is 4.99 Å². The summed E-state index contributed by atoms with van der Waals surface area (Å²) in [6.07, 6.45) is 1.75. The van der Waals surface area contributed by atoms with Crippen LogP contribution in [0.5, 0.6) is 11.5 Å². The number of thiazole rings is 1. The van der Waals surface area contributed by atoms with Crippen molar-refractivity contribution in [3.8, 4) is 17.6 Å². The number of benzene rings is 2. The van der Waals surface area contributed by atoms with Crippen LogP contribution >= 0.6 is 22.9 Å². The normalized spacial score (nSPS) is 14.9. The van der Waals surface area contributed by atoms with Crippen molar-refractivity contribution < 1.29 is 14.3 Å². The van der Waals surface area contributed by atoms with Gasteiger partial charge in [0, 0.05) is 18.1 Å². The summed E-state index contributed by atoms with van der Waals surface area (Å²) >= 11 is 7.41. The molecule has 0 saturated heterocycles. The molecular formula is C28H27ClN4O4S. The van der Waals surface area contributed by atoms with Crippen molar-refractivity contribution in [1.29, 1.82) is 5.26 Å². The van der Waals surface area contributed by atoms with Gasteiger partial charge in [-0.25, -0.2) is 4.99 Å². The zero-order valence-electron chi connectivity index (χ0n) is 21.5. The maximum atomic E-state index is 13.8. The summed E-state index contributed by atoms with van der Waals surface area (Å²) in [6.45, 7) is 6.64. The minimum Gasteiger partial charge on any atom is -0.493 e. The molecule has 2 aromatic carbocycles. The molecule has 0 radical (unpaired) electrons. The molecule has 4 rings (SSSR count). The smallest absolute Gasteiger partial charge is 0.271 e. The van der Waals surface area contributed by atoms with Crippen LogP contribution in [0.3, 0.4) is 0 Å². The molecule has 10 heteroatoms. The quantitative estimate of drug-likeness (QED) is 0.426. The van der Waals surface area contributed by atoms with E-state index >= 15 is 0 Å². The Morgan fingerprint density at radius 3 is 2.55 bits per heavy atom. The first kappa shape index (κ1) is 27.2. The summed E-state index contributed by atoms with van der Waals surface area (Å²) in [5.74, 6) is 0.734. The molecule has 0 N–H and O–H groups in total. The van der Waals surface area contributed by atoms with Gasteiger partial charge in [-0.15, -0.1) is 0 Å². The average molecular weight is 551 g/mol. The maximum Gasteiger partial charge on any atom is 0.271 e. The first-order valence-corrected chi connectivity index (χ1v) is 13.3. The Hall–Kier alpha value is -3.87. The van der Waals surface area contributed by atoms with Crippen LogP contribution in [0.2, 0.25) is 5.02 Å². The fraction of sp³-hybridized carbons (Fsp3) is 0.286. The number of fused-ring (bicyclic) bond motifs is 1. The van der Waals surface area contributed by atoms with E-state index in [1.807, 2.05) is 39.0 Å². The van der Waals surface area contributed by atoms with Gasteiger partial charge in [-0.2, -0.15) is 5.26 Å². The van der Waals surface area contributed by atoms with E-state index in [1.165, 1.54) is 18.4 Å². The average Bonchev–Trinajstić information content (AvgIpc) is 3.22. The summed E-state index contributed by atoms with van der Waals surface area (Å²) in [5, 5.41) is 9.36. The van der Waals surface area contributed by atoms with Crippen molar-refractivity contribution in [3.05, 3.63) is 89.6 Å². The first-order chi connectivity index (χ1) is 18.3. The molecule has 0 saturated carbocycles. The second-order valence-electron chi connectivity index (χ2n) is 8.47. The fourth-order valence-corrected chi connectivity index (χ4v) is 5.56. The number of carbonyl (C=O) groups excluding carboxylic acids is 1. The molecule has 0 aliphatic carbocycles. The van der Waals surface area contributed by atoms with E-state index in [9.17, 15) is 9.59 Å². The maximum absolute atomic E-state index is 13.8. The van der Waals surface area contributed by atoms with E-state index in [0.29, 0.717) is 50.2 Å². The van der Waals surface area contributed by atoms with Crippen LogP contribution < -0.4 is 24.4 Å². The Bertz CT molecular complexity index is 1610. The predicted molar refractivity (Wildman–Crippen MR) is 147 cm³/mol. The van der Waals surface area contributed by atoms with E-state index in [2.05, 4.69) is 4.99 Å². The number of aromatic nitrogens is 1. The zero-order chi connectivity index (χ0) is 27.4. The van der Waals surface area contributed by atoms with E-state index in [-0.39, 0.29) is 18.1 Å². The van der Waals surface area contributed by atoms with E-state index < -0.39 is 6.04 Å². The fourth-order valence-electron chi connectivity index (χ4n) is 4.39. The predicted octanol–water partition coefficient (Wildman–Crippen LogP) is 3.67. The van der Waals surface area contributed by atoms with Gasteiger partial charge in [-0.3, -0.25) is 14.2 Å². The highest BCUT2D eigenvalue weighted by Crippen LogP contribution is 2.32. The highest BCUT2D eigenvalue weighted by Gasteiger charge is 2.34. The zero-order valence-corrected chi connectivity index (χ0v) is 23.1. The third-order valence-electron chi connectivity index (χ3n) is 6.27. The Labute approximate surface area is 229 Å². The van der Waals surface area contributed by atoms with Gasteiger partial charge >= 0.3 is 0 Å². The van der Waals surface area contributed by atoms with Crippen LogP contribution in [0, 0.1) is 11.3 Å². The first-order valence-electron chi connectivity index (χ1n) is 12.1. The summed E-state index contributed by atoms with van der Waals surface area (Å²) in [7, 11) is 1.51. The highest BCUT2D eigenvalue weighted by atomic mass is 35.5. The lowest BCUT2D eigenvalue weighted by molar-refractivity contribution is -0.127. The lowest BCUT2D eigenvalue weighted by Gasteiger charge is -2.29. The van der Waals surface area contributed by atoms with Gasteiger partial charge in [-0.05, 0) is 62.2 Å². The van der Waals surface area contributed by atoms with E-state index in [0.717, 1.165) is 11.1 Å². The van der Waals surface area contributed by atoms with Crippen molar-refractivity contribution in [1.82, 2.24) is 9.47 Å². The van der Waals surface area contributed by atoms with Crippen molar-refractivity contribution >= 4 is 34.9 Å². The van der Waals surface area contributed by atoms with Gasteiger partial charge in [0.2, 0.25) is 0 Å². The van der Waals surface area contributed by atoms with E-state index in [4.69, 9.17) is 26.3 Å². The monoisotopic (exact) mass is 550 g/mol. The summed E-state index contributed by atoms with van der Waals surface area (Å²) in [5.41, 5.74) is 2.28. The standard InChI is InChI=1S/C28H27ClN4O4S/c1-5-32(6-2)27(35)24-17(3)31-28-33(25(24)19-8-10-20(29)11-9-19)26(34)23(38-28)16-18-7-12-21(37-14-13-30)22(15-18)36-4/h7-12,15-16,25H,5-6,14H2,1-4H3/b23-16+/t25-/m1/s1. The molecule has 1 aliphatic rings. The molecule has 2 heterocycles. The molecule has 1 aromatic heterocycles. The highest BCUT2D eigenvalue weighted by molar-refractivity contribution is 7.07. The Morgan fingerprint density at radius 1 is 1.21 bits per heavy atom. The van der Waals surface area contributed by atoms with Crippen molar-refractivity contribution in [2.75, 3.05) is 26.8 Å². The number of rotatable bonds is 8. The number of amides is 1. The Morgan fingerprint density at radius 2 is 1.92 bits per heavy atom. The van der Waals surface area contributed by atoms with Crippen molar-refractivity contribution in [3.63, 3.8) is 0 Å². The van der Waals surface area contributed by atoms with Gasteiger partial charge < -0.3 is 14.4 Å². The number of methoxy groups -OCH3 is 1. The molecule has 38 heavy (non-hydrogen) atoms. The molecule has 1 atom stereocenters. The van der Waals surface area contributed by atoms with Gasteiger partial charge in [0.05, 0.1) is 29.0 Å². The van der Waals surface area contributed by atoms with E-state index in [1.54, 1.807) is 45.9 Å². The number of carbonyl (C=O) groups is 1. The molecule has 0 unspecified atom stereocenters. The second kappa shape index (κ2) is 11.7. The lowest BCUT2D eigenvalue weighted by atomic mass is 9.94. The van der Waals surface area contributed by atoms with Gasteiger partial charge in [0.1, 0.15) is 6.07 Å². The Balaban J connectivity index is 1.89. The van der Waals surface area contributed by atoms with Crippen LogP contribution in [0.15, 0.2) is 63.5 Å². The number of nitrogens with zero attached hydrogens (tertiary/aromatic N) is 4. The summed E-state index contributed by atoms with van der Waals surface area (Å²) < 4.78 is 12.8. The minimum atomic E-state index is -0.643. The molecule has 1 aliphatic heterocycles. The molecule has 0 bridgehead atoms. The third kappa shape index (κ3) is 5.23. The Kier molecular flexibility index (Phi) is 8.35. The van der Waals surface area contributed by atoms with Crippen LogP contribution in [0.25, 0.3) is 6.08 Å². The SMILES string of the molecule is CCN(CC)C(=O)C1=C(C)N=c2s/c(=C/c3ccc(OCC#N)c(OC)c3)c(=O)n2[C@@H]1c1ccc(Cl)cc1. The molecule has 196 valence electrons. The number of nitriles is 1. The largest absolute Gasteiger partial charge is 0.493 e. The van der Waals surface area contributed by atoms with Gasteiger partial charge in [-0.1, -0.05) is 41.1 Å². The summed E-state index contributed by atoms with van der Waals surface area (Å²) in [6, 6.07) is 13.7. The molecule has 0 fully saturated rings. The lowest BCUT2D eigenvalue weighted by Crippen LogP contribution is -2.43. The van der Waals surface area contributed by atoms with Crippen molar-refractivity contribution in [2.45, 2.75) is 26.8 Å². The topological polar surface area (TPSA) is 96.9 Å². The number of likely N-dealkylation sites (N-methyl/N-ethyl adjacent to an activating group) is 1. The third-order valence-corrected chi connectivity index (χ3v) is 7.50. The van der Waals surface area contributed by atoms with Gasteiger partial charge in [0.25, 0.3) is 11.5 Å². The molecular weight excluding hydrogens is 524 g/mol. The number of hydrogen-bond acceptors (Lipinski definition) is 7. The van der Waals surface area contributed by atoms with Crippen LogP contribution in [0.1, 0.15) is 37.9 Å². The number of allylic oxidation sites excluding steroid dienone is 1. The molecule has 0 spiro atoms. The second-order valence-corrected chi connectivity index (χ2v) is 9.91. The number of halogens is 1. The van der Waals surface area contributed by atoms with Gasteiger partial charge in [0.15, 0.2) is 22.9 Å². The molecule has 3 aromatic rings. The van der Waals surface area contributed by atoms with Crippen LogP contribution in [-0.4, -0.2) is 42.2 Å². The van der Waals surface area contributed by atoms with Crippen LogP contribution in [-0.2, 0) is 4.79 Å². The molecule has 1 amide bonds. The molecule has 8 nitrogen and oxygen atoms in total. The minimum absolute atomic E-state index is 0.104. The number of ether oxygens (including phenoxy) is 2.